The molecule has 158 valence electrons. The molecule has 1 aromatic heterocycles. The molecule has 1 N–H and O–H groups in total. The third-order valence-electron chi connectivity index (χ3n) is 5.54. The van der Waals surface area contributed by atoms with Gasteiger partial charge in [0.25, 0.3) is 0 Å². The summed E-state index contributed by atoms with van der Waals surface area (Å²) in [7, 11) is 0. The number of carbonyl (C=O) groups is 4. The quantitative estimate of drug-likeness (QED) is 0.554. The van der Waals surface area contributed by atoms with Crippen LogP contribution in [0.15, 0.2) is 0 Å². The van der Waals surface area contributed by atoms with Gasteiger partial charge in [0.05, 0.1) is 22.7 Å². The molecule has 2 saturated heterocycles. The van der Waals surface area contributed by atoms with Crippen molar-refractivity contribution in [2.45, 2.75) is 64.5 Å². The van der Waals surface area contributed by atoms with Crippen molar-refractivity contribution in [3.05, 3.63) is 22.5 Å². The molecule has 1 amide bonds. The van der Waals surface area contributed by atoms with E-state index >= 15 is 0 Å². The van der Waals surface area contributed by atoms with Crippen LogP contribution in [0.3, 0.4) is 0 Å². The Morgan fingerprint density at radius 3 is 2.69 bits per heavy atom. The van der Waals surface area contributed by atoms with Crippen LogP contribution >= 0.6 is 11.8 Å². The van der Waals surface area contributed by atoms with Crippen molar-refractivity contribution < 1.29 is 28.7 Å². The molecule has 0 saturated carbocycles. The second kappa shape index (κ2) is 7.85. The van der Waals surface area contributed by atoms with E-state index in [4.69, 9.17) is 9.47 Å². The first-order valence-corrected chi connectivity index (χ1v) is 10.7. The number of fused-ring (bicyclic) bond motifs is 1. The van der Waals surface area contributed by atoms with Crippen LogP contribution in [0.5, 0.6) is 0 Å². The second-order valence-corrected chi connectivity index (χ2v) is 9.06. The van der Waals surface area contributed by atoms with Crippen LogP contribution in [-0.4, -0.2) is 62.9 Å². The number of nitrogens with one attached hydrogen (secondary N) is 1. The normalized spacial score (nSPS) is 24.4. The maximum Gasteiger partial charge on any atom is 0.340 e. The van der Waals surface area contributed by atoms with Gasteiger partial charge in [-0.3, -0.25) is 9.59 Å². The highest BCUT2D eigenvalue weighted by Gasteiger charge is 2.53. The highest BCUT2D eigenvalue weighted by molar-refractivity contribution is 8.01. The molecule has 2 fully saturated rings. The number of thioether (sulfide) groups is 1. The third-order valence-corrected chi connectivity index (χ3v) is 7.05. The molecular formula is C20H26N2O6S. The number of hydrogen-bond acceptors (Lipinski definition) is 7. The molecule has 0 bridgehead atoms. The Hall–Kier alpha value is -2.29. The molecule has 1 aromatic rings. The Bertz CT molecular complexity index is 879. The molecule has 0 unspecified atom stereocenters. The Morgan fingerprint density at radius 1 is 1.34 bits per heavy atom. The Kier molecular flexibility index (Phi) is 5.80. The number of nitrogens with zero attached hydrogens (tertiary/aromatic N) is 1. The van der Waals surface area contributed by atoms with Crippen LogP contribution in [0.1, 0.15) is 65.7 Å². The number of carbonyl (C=O) groups excluding carboxylic acids is 4. The zero-order valence-corrected chi connectivity index (χ0v) is 18.1. The van der Waals surface area contributed by atoms with E-state index in [0.717, 1.165) is 0 Å². The number of H-pyrrole nitrogens is 1. The summed E-state index contributed by atoms with van der Waals surface area (Å²) in [5.41, 5.74) is 1.52. The fraction of sp³-hybridized carbons (Fsp3) is 0.600. The van der Waals surface area contributed by atoms with Crippen LogP contribution in [0.25, 0.3) is 0 Å². The number of ether oxygens (including phenoxy) is 2. The van der Waals surface area contributed by atoms with Gasteiger partial charge in [-0.15, -0.1) is 11.8 Å². The standard InChI is InChI=1S/C20H26N2O6S/c1-6-27-19(26)15-10(2)16(21-11(15)3)17(24)12(4)28-18(25)13-9-29-20(5)8-7-14(23)22(13)20/h12-13,21H,6-9H2,1-5H3/t12-,13-,20+/m1/s1. The van der Waals surface area contributed by atoms with E-state index in [1.54, 1.807) is 37.4 Å². The molecule has 0 aromatic carbocycles. The van der Waals surface area contributed by atoms with Crippen molar-refractivity contribution in [2.75, 3.05) is 12.4 Å². The van der Waals surface area contributed by atoms with E-state index in [2.05, 4.69) is 4.98 Å². The lowest BCUT2D eigenvalue weighted by molar-refractivity contribution is -0.155. The average molecular weight is 423 g/mol. The largest absolute Gasteiger partial charge is 0.462 e. The van der Waals surface area contributed by atoms with E-state index in [0.29, 0.717) is 35.4 Å². The number of Topliss-reactive ketones (excluding diaryl/α,β-unsaturated/α-hetero) is 1. The first-order chi connectivity index (χ1) is 13.6. The first kappa shape index (κ1) is 21.4. The summed E-state index contributed by atoms with van der Waals surface area (Å²) in [6, 6.07) is -0.684. The first-order valence-electron chi connectivity index (χ1n) is 9.67. The molecule has 9 heteroatoms. The molecule has 0 radical (unpaired) electrons. The monoisotopic (exact) mass is 422 g/mol. The smallest absolute Gasteiger partial charge is 0.340 e. The van der Waals surface area contributed by atoms with Crippen LogP contribution < -0.4 is 0 Å². The number of aromatic nitrogens is 1. The van der Waals surface area contributed by atoms with E-state index < -0.39 is 29.9 Å². The van der Waals surface area contributed by atoms with Crippen LogP contribution in [-0.2, 0) is 19.1 Å². The van der Waals surface area contributed by atoms with Gasteiger partial charge in [-0.05, 0) is 46.6 Å². The maximum absolute atomic E-state index is 12.9. The number of aromatic amines is 1. The maximum atomic E-state index is 12.9. The summed E-state index contributed by atoms with van der Waals surface area (Å²) in [4.78, 5) is 54.1. The summed E-state index contributed by atoms with van der Waals surface area (Å²) in [6.45, 7) is 8.72. The zero-order valence-electron chi connectivity index (χ0n) is 17.3. The Balaban J connectivity index is 1.73. The molecule has 8 nitrogen and oxygen atoms in total. The highest BCUT2D eigenvalue weighted by Crippen LogP contribution is 2.47. The number of hydrogen-bond donors (Lipinski definition) is 1. The molecule has 0 aliphatic carbocycles. The number of amides is 1. The summed E-state index contributed by atoms with van der Waals surface area (Å²) in [5, 5.41) is 0. The number of ketones is 1. The van der Waals surface area contributed by atoms with Gasteiger partial charge < -0.3 is 19.4 Å². The molecule has 3 heterocycles. The Morgan fingerprint density at radius 2 is 2.03 bits per heavy atom. The van der Waals surface area contributed by atoms with Crippen LogP contribution in [0.4, 0.5) is 0 Å². The van der Waals surface area contributed by atoms with Gasteiger partial charge in [0.1, 0.15) is 6.04 Å². The number of esters is 2. The van der Waals surface area contributed by atoms with Crippen molar-refractivity contribution in [1.29, 1.82) is 0 Å². The lowest BCUT2D eigenvalue weighted by atomic mass is 10.1. The van der Waals surface area contributed by atoms with E-state index in [1.165, 1.54) is 6.92 Å². The second-order valence-electron chi connectivity index (χ2n) is 7.55. The number of rotatable bonds is 6. The SMILES string of the molecule is CCOC(=O)c1c(C)[nH]c(C(=O)[C@@H](C)OC(=O)[C@H]2CS[C@@]3(C)CCC(=O)N23)c1C. The minimum absolute atomic E-state index is 0.0617. The molecule has 2 aliphatic rings. The summed E-state index contributed by atoms with van der Waals surface area (Å²) in [6.07, 6.45) is 0.0648. The van der Waals surface area contributed by atoms with Crippen LogP contribution in [0, 0.1) is 13.8 Å². The van der Waals surface area contributed by atoms with Gasteiger partial charge in [0.2, 0.25) is 11.7 Å². The van der Waals surface area contributed by atoms with Crippen molar-refractivity contribution in [2.24, 2.45) is 0 Å². The molecular weight excluding hydrogens is 396 g/mol. The van der Waals surface area contributed by atoms with E-state index in [1.807, 2.05) is 6.92 Å². The van der Waals surface area contributed by atoms with Gasteiger partial charge in [0, 0.05) is 17.9 Å². The van der Waals surface area contributed by atoms with Crippen LogP contribution in [0.2, 0.25) is 0 Å². The van der Waals surface area contributed by atoms with Gasteiger partial charge >= 0.3 is 11.9 Å². The van der Waals surface area contributed by atoms with Gasteiger partial charge in [0.15, 0.2) is 6.10 Å². The summed E-state index contributed by atoms with van der Waals surface area (Å²) in [5.74, 6) is -1.12. The van der Waals surface area contributed by atoms with Crippen molar-refractivity contribution in [1.82, 2.24) is 9.88 Å². The highest BCUT2D eigenvalue weighted by atomic mass is 32.2. The zero-order chi connectivity index (χ0) is 21.5. The fourth-order valence-corrected chi connectivity index (χ4v) is 5.43. The molecule has 29 heavy (non-hydrogen) atoms. The fourth-order valence-electron chi connectivity index (χ4n) is 4.01. The lowest BCUT2D eigenvalue weighted by Gasteiger charge is -2.29. The number of aryl methyl sites for hydroxylation is 1. The predicted molar refractivity (Wildman–Crippen MR) is 107 cm³/mol. The third kappa shape index (κ3) is 3.68. The van der Waals surface area contributed by atoms with Crippen molar-refractivity contribution in [3.63, 3.8) is 0 Å². The molecule has 2 aliphatic heterocycles. The molecule has 3 atom stereocenters. The summed E-state index contributed by atoms with van der Waals surface area (Å²) < 4.78 is 10.5. The van der Waals surface area contributed by atoms with Crippen molar-refractivity contribution >= 4 is 35.4 Å². The minimum Gasteiger partial charge on any atom is -0.462 e. The molecule has 3 rings (SSSR count). The van der Waals surface area contributed by atoms with Gasteiger partial charge in [-0.1, -0.05) is 0 Å². The molecule has 0 spiro atoms. The lowest BCUT2D eigenvalue weighted by Crippen LogP contribution is -2.47. The van der Waals surface area contributed by atoms with E-state index in [9.17, 15) is 19.2 Å². The minimum atomic E-state index is -1.05. The Labute approximate surface area is 173 Å². The van der Waals surface area contributed by atoms with Crippen molar-refractivity contribution in [3.8, 4) is 0 Å². The van der Waals surface area contributed by atoms with E-state index in [-0.39, 0.29) is 23.1 Å². The summed E-state index contributed by atoms with van der Waals surface area (Å²) >= 11 is 1.56. The van der Waals surface area contributed by atoms with Gasteiger partial charge in [-0.25, -0.2) is 9.59 Å². The average Bonchev–Trinajstić information content (AvgIpc) is 3.25. The predicted octanol–water partition coefficient (Wildman–Crippen LogP) is 2.38. The topological polar surface area (TPSA) is 106 Å². The van der Waals surface area contributed by atoms with Gasteiger partial charge in [-0.2, -0.15) is 0 Å².